The minimum Gasteiger partial charge on any atom is -0.329 e. The van der Waals surface area contributed by atoms with Gasteiger partial charge in [-0.25, -0.2) is 0 Å². The van der Waals surface area contributed by atoms with E-state index in [4.69, 9.17) is 5.73 Å². The zero-order chi connectivity index (χ0) is 11.3. The summed E-state index contributed by atoms with van der Waals surface area (Å²) in [6, 6.07) is 0.573. The minimum atomic E-state index is 0.573. The maximum Gasteiger partial charge on any atom is 0.0346 e. The average Bonchev–Trinajstić information content (AvgIpc) is 2.27. The van der Waals surface area contributed by atoms with Crippen molar-refractivity contribution in [1.29, 1.82) is 0 Å². The van der Waals surface area contributed by atoms with Gasteiger partial charge in [-0.1, -0.05) is 26.7 Å². The average molecular weight is 213 g/mol. The van der Waals surface area contributed by atoms with Crippen LogP contribution < -0.4 is 5.73 Å². The van der Waals surface area contributed by atoms with Crippen molar-refractivity contribution in [2.24, 2.45) is 11.7 Å². The van der Waals surface area contributed by atoms with E-state index in [1.165, 1.54) is 32.5 Å². The van der Waals surface area contributed by atoms with E-state index in [0.29, 0.717) is 6.04 Å². The fourth-order valence-electron chi connectivity index (χ4n) is 2.39. The lowest BCUT2D eigenvalue weighted by molar-refractivity contribution is 0.0781. The molecule has 0 saturated carbocycles. The molecular weight excluding hydrogens is 186 g/mol. The van der Waals surface area contributed by atoms with Crippen LogP contribution in [0.3, 0.4) is 0 Å². The van der Waals surface area contributed by atoms with Crippen LogP contribution in [0.5, 0.6) is 0 Å². The van der Waals surface area contributed by atoms with Gasteiger partial charge in [-0.05, 0) is 13.0 Å². The summed E-state index contributed by atoms with van der Waals surface area (Å²) in [5.74, 6) is 0.849. The molecule has 2 N–H and O–H groups in total. The van der Waals surface area contributed by atoms with E-state index in [1.807, 2.05) is 0 Å². The van der Waals surface area contributed by atoms with Crippen LogP contribution in [0.1, 0.15) is 26.7 Å². The third-order valence-electron chi connectivity index (χ3n) is 3.73. The summed E-state index contributed by atoms with van der Waals surface area (Å²) in [5, 5.41) is 0. The molecule has 0 aliphatic carbocycles. The lowest BCUT2D eigenvalue weighted by atomic mass is 10.0. The second kappa shape index (κ2) is 6.46. The standard InChI is InChI=1S/C12H27N3/c1-4-11(5-2)9-15-7-6-14(3)10-12(15)8-13/h11-12H,4-10,13H2,1-3H3. The molecule has 1 fully saturated rings. The molecule has 0 bridgehead atoms. The highest BCUT2D eigenvalue weighted by Crippen LogP contribution is 2.14. The molecule has 0 aromatic rings. The van der Waals surface area contributed by atoms with Gasteiger partial charge in [0.25, 0.3) is 0 Å². The Morgan fingerprint density at radius 2 is 1.93 bits per heavy atom. The number of hydrogen-bond acceptors (Lipinski definition) is 3. The summed E-state index contributed by atoms with van der Waals surface area (Å²) >= 11 is 0. The molecular formula is C12H27N3. The number of rotatable bonds is 5. The first-order chi connectivity index (χ1) is 7.21. The zero-order valence-electron chi connectivity index (χ0n) is 10.6. The van der Waals surface area contributed by atoms with Gasteiger partial charge in [0, 0.05) is 38.8 Å². The van der Waals surface area contributed by atoms with Crippen molar-refractivity contribution in [3.8, 4) is 0 Å². The van der Waals surface area contributed by atoms with Gasteiger partial charge in [0.15, 0.2) is 0 Å². The maximum absolute atomic E-state index is 5.85. The summed E-state index contributed by atoms with van der Waals surface area (Å²) in [4.78, 5) is 4.98. The second-order valence-corrected chi connectivity index (χ2v) is 4.83. The number of nitrogens with two attached hydrogens (primary N) is 1. The van der Waals surface area contributed by atoms with Crippen molar-refractivity contribution in [2.75, 3.05) is 39.8 Å². The molecule has 0 spiro atoms. The molecule has 0 amide bonds. The first-order valence-corrected chi connectivity index (χ1v) is 6.33. The van der Waals surface area contributed by atoms with Gasteiger partial charge in [-0.2, -0.15) is 0 Å². The normalized spacial score (nSPS) is 25.0. The monoisotopic (exact) mass is 213 g/mol. The van der Waals surface area contributed by atoms with Crippen LogP contribution in [-0.2, 0) is 0 Å². The first-order valence-electron chi connectivity index (χ1n) is 6.33. The number of piperazine rings is 1. The molecule has 3 heteroatoms. The summed E-state index contributed by atoms with van der Waals surface area (Å²) < 4.78 is 0. The predicted molar refractivity (Wildman–Crippen MR) is 66.0 cm³/mol. The Balaban J connectivity index is 2.44. The Kier molecular flexibility index (Phi) is 5.58. The van der Waals surface area contributed by atoms with Crippen molar-refractivity contribution >= 4 is 0 Å². The third kappa shape index (κ3) is 3.74. The summed E-state index contributed by atoms with van der Waals surface area (Å²) in [6.07, 6.45) is 2.58. The van der Waals surface area contributed by atoms with Gasteiger partial charge >= 0.3 is 0 Å². The van der Waals surface area contributed by atoms with Crippen molar-refractivity contribution in [3.63, 3.8) is 0 Å². The smallest absolute Gasteiger partial charge is 0.0346 e. The van der Waals surface area contributed by atoms with E-state index >= 15 is 0 Å². The zero-order valence-corrected chi connectivity index (χ0v) is 10.6. The highest BCUT2D eigenvalue weighted by atomic mass is 15.3. The second-order valence-electron chi connectivity index (χ2n) is 4.83. The molecule has 3 nitrogen and oxygen atoms in total. The molecule has 1 heterocycles. The molecule has 0 aromatic heterocycles. The van der Waals surface area contributed by atoms with Gasteiger partial charge < -0.3 is 10.6 Å². The van der Waals surface area contributed by atoms with Crippen molar-refractivity contribution < 1.29 is 0 Å². The minimum absolute atomic E-state index is 0.573. The fourth-order valence-corrected chi connectivity index (χ4v) is 2.39. The summed E-state index contributed by atoms with van der Waals surface area (Å²) in [7, 11) is 2.19. The van der Waals surface area contributed by atoms with Crippen LogP contribution in [0, 0.1) is 5.92 Å². The third-order valence-corrected chi connectivity index (χ3v) is 3.73. The highest BCUT2D eigenvalue weighted by molar-refractivity contribution is 4.82. The molecule has 1 rings (SSSR count). The van der Waals surface area contributed by atoms with Gasteiger partial charge in [0.2, 0.25) is 0 Å². The van der Waals surface area contributed by atoms with Crippen molar-refractivity contribution in [2.45, 2.75) is 32.7 Å². The number of nitrogens with zero attached hydrogens (tertiary/aromatic N) is 2. The van der Waals surface area contributed by atoms with E-state index in [0.717, 1.165) is 19.0 Å². The van der Waals surface area contributed by atoms with E-state index in [1.54, 1.807) is 0 Å². The van der Waals surface area contributed by atoms with Crippen LogP contribution in [-0.4, -0.2) is 55.6 Å². The lowest BCUT2D eigenvalue weighted by Crippen LogP contribution is -2.55. The first kappa shape index (κ1) is 12.9. The van der Waals surface area contributed by atoms with Crippen LogP contribution in [0.2, 0.25) is 0 Å². The van der Waals surface area contributed by atoms with Gasteiger partial charge in [-0.3, -0.25) is 4.90 Å². The summed E-state index contributed by atoms with van der Waals surface area (Å²) in [6.45, 7) is 10.1. The largest absolute Gasteiger partial charge is 0.329 e. The molecule has 0 aromatic carbocycles. The predicted octanol–water partition coefficient (Wildman–Crippen LogP) is 0.997. The summed E-state index contributed by atoms with van der Waals surface area (Å²) in [5.41, 5.74) is 5.85. The molecule has 1 unspecified atom stereocenters. The fraction of sp³-hybridized carbons (Fsp3) is 1.00. The number of hydrogen-bond donors (Lipinski definition) is 1. The molecule has 1 aliphatic rings. The topological polar surface area (TPSA) is 32.5 Å². The molecule has 1 saturated heterocycles. The molecule has 90 valence electrons. The van der Waals surface area contributed by atoms with Gasteiger partial charge in [0.05, 0.1) is 0 Å². The molecule has 1 atom stereocenters. The molecule has 15 heavy (non-hydrogen) atoms. The molecule has 0 radical (unpaired) electrons. The Morgan fingerprint density at radius 3 is 2.47 bits per heavy atom. The highest BCUT2D eigenvalue weighted by Gasteiger charge is 2.25. The van der Waals surface area contributed by atoms with Crippen molar-refractivity contribution in [1.82, 2.24) is 9.80 Å². The van der Waals surface area contributed by atoms with E-state index < -0.39 is 0 Å². The lowest BCUT2D eigenvalue weighted by Gasteiger charge is -2.41. The Hall–Kier alpha value is -0.120. The Labute approximate surface area is 94.6 Å². The van der Waals surface area contributed by atoms with Gasteiger partial charge in [0.1, 0.15) is 0 Å². The van der Waals surface area contributed by atoms with E-state index in [9.17, 15) is 0 Å². The van der Waals surface area contributed by atoms with E-state index in [-0.39, 0.29) is 0 Å². The number of likely N-dealkylation sites (N-methyl/N-ethyl adjacent to an activating group) is 1. The van der Waals surface area contributed by atoms with Gasteiger partial charge in [-0.15, -0.1) is 0 Å². The Bertz CT molecular complexity index is 168. The van der Waals surface area contributed by atoms with Crippen LogP contribution in [0.25, 0.3) is 0 Å². The van der Waals surface area contributed by atoms with Crippen molar-refractivity contribution in [3.05, 3.63) is 0 Å². The molecule has 1 aliphatic heterocycles. The van der Waals surface area contributed by atoms with Crippen LogP contribution >= 0.6 is 0 Å². The maximum atomic E-state index is 5.85. The van der Waals surface area contributed by atoms with Crippen LogP contribution in [0.15, 0.2) is 0 Å². The quantitative estimate of drug-likeness (QED) is 0.739. The Morgan fingerprint density at radius 1 is 1.27 bits per heavy atom. The van der Waals surface area contributed by atoms with E-state index in [2.05, 4.69) is 30.7 Å². The SMILES string of the molecule is CCC(CC)CN1CCN(C)CC1CN. The van der Waals surface area contributed by atoms with Crippen LogP contribution in [0.4, 0.5) is 0 Å².